The molecular formula is C22H15Cl3N4O5S. The number of para-hydroxylation sites is 1. The molecule has 0 saturated heterocycles. The van der Waals surface area contributed by atoms with Gasteiger partial charge in [0.2, 0.25) is 0 Å². The normalized spacial score (nSPS) is 11.8. The molecule has 2 N–H and O–H groups in total. The van der Waals surface area contributed by atoms with Crippen LogP contribution < -0.4 is 10.3 Å². The zero-order valence-corrected chi connectivity index (χ0v) is 20.8. The van der Waals surface area contributed by atoms with Gasteiger partial charge in [0.15, 0.2) is 11.4 Å². The van der Waals surface area contributed by atoms with Gasteiger partial charge in [-0.1, -0.05) is 46.9 Å². The summed E-state index contributed by atoms with van der Waals surface area (Å²) in [5.74, 6) is 0.685. The molecule has 0 saturated carbocycles. The summed E-state index contributed by atoms with van der Waals surface area (Å²) >= 11 is 18.4. The average molecular weight is 554 g/mol. The average Bonchev–Trinajstić information content (AvgIpc) is 3.08. The van der Waals surface area contributed by atoms with E-state index in [9.17, 15) is 17.8 Å². The lowest BCUT2D eigenvalue weighted by Crippen LogP contribution is -2.15. The summed E-state index contributed by atoms with van der Waals surface area (Å²) in [6, 6.07) is 15.0. The molecule has 3 aromatic carbocycles. The van der Waals surface area contributed by atoms with Crippen LogP contribution in [0.1, 0.15) is 5.69 Å². The van der Waals surface area contributed by atoms with Gasteiger partial charge in [-0.25, -0.2) is 4.68 Å². The molecule has 1 heterocycles. The third-order valence-corrected chi connectivity index (χ3v) is 6.45. The van der Waals surface area contributed by atoms with Crippen molar-refractivity contribution in [1.29, 1.82) is 0 Å². The van der Waals surface area contributed by atoms with Crippen molar-refractivity contribution in [2.75, 3.05) is 0 Å². The Morgan fingerprint density at radius 3 is 2.40 bits per heavy atom. The lowest BCUT2D eigenvalue weighted by molar-refractivity contribution is 0.482. The lowest BCUT2D eigenvalue weighted by atomic mass is 10.3. The van der Waals surface area contributed by atoms with E-state index in [1.54, 1.807) is 43.3 Å². The fourth-order valence-corrected chi connectivity index (χ4v) is 4.10. The number of H-pyrrole nitrogens is 1. The van der Waals surface area contributed by atoms with E-state index in [1.807, 2.05) is 0 Å². The van der Waals surface area contributed by atoms with Crippen molar-refractivity contribution in [3.63, 3.8) is 0 Å². The number of rotatable bonds is 6. The summed E-state index contributed by atoms with van der Waals surface area (Å²) in [5.41, 5.74) is -0.168. The number of benzene rings is 3. The van der Waals surface area contributed by atoms with Gasteiger partial charge in [0, 0.05) is 5.02 Å². The second-order valence-corrected chi connectivity index (χ2v) is 9.83. The second kappa shape index (κ2) is 9.84. The van der Waals surface area contributed by atoms with Crippen molar-refractivity contribution in [1.82, 2.24) is 9.78 Å². The Labute approximate surface area is 214 Å². The second-order valence-electron chi connectivity index (χ2n) is 7.16. The number of azo groups is 1. The quantitative estimate of drug-likeness (QED) is 0.199. The summed E-state index contributed by atoms with van der Waals surface area (Å²) in [4.78, 5) is 12.6. The van der Waals surface area contributed by atoms with Crippen LogP contribution in [0, 0.1) is 6.92 Å². The van der Waals surface area contributed by atoms with Crippen LogP contribution >= 0.6 is 34.8 Å². The molecule has 9 nitrogen and oxygen atoms in total. The number of aryl methyl sites for hydroxylation is 1. The first-order valence-corrected chi connectivity index (χ1v) is 12.3. The van der Waals surface area contributed by atoms with Crippen LogP contribution in [-0.2, 0) is 10.1 Å². The first-order chi connectivity index (χ1) is 16.5. The van der Waals surface area contributed by atoms with Crippen LogP contribution in [0.4, 0.5) is 11.4 Å². The predicted octanol–water partition coefficient (Wildman–Crippen LogP) is 6.89. The molecule has 0 aliphatic carbocycles. The topological polar surface area (TPSA) is 126 Å². The third-order valence-electron chi connectivity index (χ3n) is 4.73. The molecule has 35 heavy (non-hydrogen) atoms. The minimum absolute atomic E-state index is 0.00170. The lowest BCUT2D eigenvalue weighted by Gasteiger charge is -2.09. The van der Waals surface area contributed by atoms with E-state index in [2.05, 4.69) is 15.3 Å². The summed E-state index contributed by atoms with van der Waals surface area (Å²) in [6.07, 6.45) is 0. The maximum Gasteiger partial charge on any atom is 0.299 e. The van der Waals surface area contributed by atoms with E-state index in [0.29, 0.717) is 27.2 Å². The predicted molar refractivity (Wildman–Crippen MR) is 133 cm³/mol. The first-order valence-electron chi connectivity index (χ1n) is 9.77. The van der Waals surface area contributed by atoms with E-state index in [4.69, 9.17) is 39.5 Å². The van der Waals surface area contributed by atoms with Gasteiger partial charge >= 0.3 is 0 Å². The molecule has 13 heteroatoms. The molecule has 0 spiro atoms. The van der Waals surface area contributed by atoms with Crippen LogP contribution in [0.2, 0.25) is 15.1 Å². The fraction of sp³-hybridized carbons (Fsp3) is 0.0455. The Balaban J connectivity index is 1.74. The standard InChI is InChI=1S/C22H15Cl3N4O5S/c1-12-21(22(30)29(28-12)18-11-14(35(31,32)33)7-8-15(18)24)27-26-17-10-13(23)6-9-20(17)34-19-5-3-2-4-16(19)25/h2-11,28H,1H3,(H,31,32,33). The Hall–Kier alpha value is -3.15. The van der Waals surface area contributed by atoms with Crippen molar-refractivity contribution in [2.24, 2.45) is 10.2 Å². The fourth-order valence-electron chi connectivity index (χ4n) is 3.05. The molecule has 0 aliphatic heterocycles. The number of nitrogens with zero attached hydrogens (tertiary/aromatic N) is 3. The highest BCUT2D eigenvalue weighted by Gasteiger charge is 2.18. The highest BCUT2D eigenvalue weighted by molar-refractivity contribution is 7.85. The van der Waals surface area contributed by atoms with Crippen molar-refractivity contribution in [2.45, 2.75) is 11.8 Å². The van der Waals surface area contributed by atoms with E-state index < -0.39 is 20.6 Å². The SMILES string of the molecule is Cc1[nH]n(-c2cc(S(=O)(=O)O)ccc2Cl)c(=O)c1N=Nc1cc(Cl)ccc1Oc1ccccc1Cl. The highest BCUT2D eigenvalue weighted by Crippen LogP contribution is 2.37. The van der Waals surface area contributed by atoms with Crippen LogP contribution in [0.5, 0.6) is 11.5 Å². The minimum Gasteiger partial charge on any atom is -0.453 e. The van der Waals surface area contributed by atoms with Crippen molar-refractivity contribution in [3.05, 3.63) is 91.8 Å². The molecule has 0 amide bonds. The van der Waals surface area contributed by atoms with E-state index in [1.165, 1.54) is 12.1 Å². The molecule has 0 radical (unpaired) electrons. The van der Waals surface area contributed by atoms with Crippen molar-refractivity contribution in [3.8, 4) is 17.2 Å². The minimum atomic E-state index is -4.52. The molecule has 180 valence electrons. The molecule has 0 aliphatic rings. The van der Waals surface area contributed by atoms with Gasteiger partial charge in [-0.05, 0) is 55.5 Å². The van der Waals surface area contributed by atoms with E-state index >= 15 is 0 Å². The third kappa shape index (κ3) is 5.42. The van der Waals surface area contributed by atoms with Gasteiger partial charge in [-0.3, -0.25) is 14.4 Å². The van der Waals surface area contributed by atoms with Crippen LogP contribution in [0.3, 0.4) is 0 Å². The van der Waals surface area contributed by atoms with Crippen molar-refractivity contribution < 1.29 is 17.7 Å². The largest absolute Gasteiger partial charge is 0.453 e. The first kappa shape index (κ1) is 25.0. The number of ether oxygens (including phenoxy) is 1. The van der Waals surface area contributed by atoms with E-state index in [0.717, 1.165) is 16.8 Å². The number of hydrogen-bond acceptors (Lipinski definition) is 6. The number of halogens is 3. The van der Waals surface area contributed by atoms with Gasteiger partial charge in [-0.2, -0.15) is 8.42 Å². The summed E-state index contributed by atoms with van der Waals surface area (Å²) in [5, 5.41) is 11.8. The van der Waals surface area contributed by atoms with Gasteiger partial charge in [0.05, 0.1) is 26.3 Å². The number of aromatic nitrogens is 2. The monoisotopic (exact) mass is 552 g/mol. The number of nitrogens with one attached hydrogen (secondary N) is 1. The molecule has 0 unspecified atom stereocenters. The Morgan fingerprint density at radius 2 is 1.69 bits per heavy atom. The zero-order valence-electron chi connectivity index (χ0n) is 17.7. The molecule has 0 bridgehead atoms. The van der Waals surface area contributed by atoms with Crippen LogP contribution in [0.15, 0.2) is 80.6 Å². The molecule has 1 aromatic heterocycles. The smallest absolute Gasteiger partial charge is 0.299 e. The molecule has 0 atom stereocenters. The highest BCUT2D eigenvalue weighted by atomic mass is 35.5. The Bertz CT molecular complexity index is 1630. The van der Waals surface area contributed by atoms with Gasteiger partial charge < -0.3 is 4.74 Å². The molecule has 0 fully saturated rings. The van der Waals surface area contributed by atoms with Crippen LogP contribution in [0.25, 0.3) is 5.69 Å². The molecular weight excluding hydrogens is 539 g/mol. The van der Waals surface area contributed by atoms with Gasteiger partial charge in [0.1, 0.15) is 11.4 Å². The summed E-state index contributed by atoms with van der Waals surface area (Å²) < 4.78 is 39.2. The number of hydrogen-bond donors (Lipinski definition) is 2. The molecule has 4 aromatic rings. The molecule has 4 rings (SSSR count). The Morgan fingerprint density at radius 1 is 0.943 bits per heavy atom. The zero-order chi connectivity index (χ0) is 25.3. The summed E-state index contributed by atoms with van der Waals surface area (Å²) in [6.45, 7) is 1.58. The number of aromatic amines is 1. The van der Waals surface area contributed by atoms with Crippen LogP contribution in [-0.4, -0.2) is 22.8 Å². The maximum atomic E-state index is 13.0. The summed E-state index contributed by atoms with van der Waals surface area (Å²) in [7, 11) is -4.52. The van der Waals surface area contributed by atoms with Crippen molar-refractivity contribution >= 4 is 56.3 Å². The maximum absolute atomic E-state index is 13.0. The van der Waals surface area contributed by atoms with Gasteiger partial charge in [0.25, 0.3) is 15.7 Å². The Kier molecular flexibility index (Phi) is 7.02. The van der Waals surface area contributed by atoms with E-state index in [-0.39, 0.29) is 22.1 Å². The van der Waals surface area contributed by atoms with Gasteiger partial charge in [-0.15, -0.1) is 10.2 Å².